The number of carbonyl (C=O) groups excluding carboxylic acids is 4. The van der Waals surface area contributed by atoms with Crippen molar-refractivity contribution in [2.45, 2.75) is 108 Å². The van der Waals surface area contributed by atoms with E-state index < -0.39 is 12.2 Å². The number of aliphatic imine (C=N–C) groups is 1. The minimum Gasteiger partial charge on any atom is -0.453 e. The molecule has 4 amide bonds. The van der Waals surface area contributed by atoms with E-state index in [2.05, 4.69) is 64.1 Å². The minimum absolute atomic E-state index is 0.0172. The van der Waals surface area contributed by atoms with Crippen LogP contribution < -0.4 is 10.6 Å². The topological polar surface area (TPSA) is 158 Å². The molecular weight excluding hydrogens is 735 g/mol. The van der Waals surface area contributed by atoms with Gasteiger partial charge in [0.1, 0.15) is 5.82 Å². The number of methoxy groups -OCH3 is 2. The molecule has 2 aliphatic carbocycles. The summed E-state index contributed by atoms with van der Waals surface area (Å²) in [7, 11) is 2.71. The number of hydrogen-bond donors (Lipinski definition) is 3. The summed E-state index contributed by atoms with van der Waals surface area (Å²) in [5.74, 6) is 0.503. The average molecular weight is 790 g/mol. The van der Waals surface area contributed by atoms with Gasteiger partial charge in [-0.25, -0.2) is 14.6 Å². The first-order chi connectivity index (χ1) is 28.3. The summed E-state index contributed by atoms with van der Waals surface area (Å²) in [6, 6.07) is 16.4. The number of hydrogen-bond acceptors (Lipinski definition) is 8. The second-order valence-electron chi connectivity index (χ2n) is 16.4. The van der Waals surface area contributed by atoms with Gasteiger partial charge in [0, 0.05) is 43.5 Å². The van der Waals surface area contributed by atoms with Crippen LogP contribution in [-0.2, 0) is 19.1 Å². The highest BCUT2D eigenvalue weighted by molar-refractivity contribution is 6.03. The molecule has 0 radical (unpaired) electrons. The fourth-order valence-corrected chi connectivity index (χ4v) is 9.94. The number of carbonyl (C=O) groups is 4. The fraction of sp³-hybridized carbons (Fsp3) is 0.511. The molecule has 3 N–H and O–H groups in total. The third-order valence-corrected chi connectivity index (χ3v) is 13.1. The summed E-state index contributed by atoms with van der Waals surface area (Å²) < 4.78 is 9.68. The van der Waals surface area contributed by atoms with Gasteiger partial charge in [-0.05, 0) is 79.2 Å². The van der Waals surface area contributed by atoms with Crippen LogP contribution in [0.4, 0.5) is 9.59 Å². The van der Waals surface area contributed by atoms with Crippen molar-refractivity contribution >= 4 is 35.3 Å². The van der Waals surface area contributed by atoms with E-state index in [-0.39, 0.29) is 47.8 Å². The Balaban J connectivity index is 0.874. The first-order valence-corrected chi connectivity index (χ1v) is 21.1. The highest BCUT2D eigenvalue weighted by Crippen LogP contribution is 2.37. The maximum absolute atomic E-state index is 13.9. The van der Waals surface area contributed by atoms with Crippen LogP contribution in [0.15, 0.2) is 65.9 Å². The van der Waals surface area contributed by atoms with Crippen molar-refractivity contribution in [3.05, 3.63) is 72.3 Å². The maximum Gasteiger partial charge on any atom is 0.407 e. The van der Waals surface area contributed by atoms with E-state index in [0.717, 1.165) is 122 Å². The van der Waals surface area contributed by atoms with Gasteiger partial charge in [0.25, 0.3) is 0 Å². The molecule has 5 aliphatic rings. The number of likely N-dealkylation sites (tertiary alicyclic amines) is 2. The number of aromatic amines is 1. The Labute approximate surface area is 340 Å². The summed E-state index contributed by atoms with van der Waals surface area (Å²) in [5, 5.41) is 5.82. The number of nitrogens with one attached hydrogen (secondary N) is 3. The van der Waals surface area contributed by atoms with Gasteiger partial charge in [0.15, 0.2) is 0 Å². The fourth-order valence-electron chi connectivity index (χ4n) is 9.94. The van der Waals surface area contributed by atoms with Crippen molar-refractivity contribution in [2.24, 2.45) is 16.8 Å². The molecular formula is C45H55N7O6. The molecule has 13 nitrogen and oxygen atoms in total. The summed E-state index contributed by atoms with van der Waals surface area (Å²) in [4.78, 5) is 68.8. The predicted molar refractivity (Wildman–Crippen MR) is 220 cm³/mol. The number of imidazole rings is 1. The molecule has 0 bridgehead atoms. The van der Waals surface area contributed by atoms with Crippen LogP contribution in [0.2, 0.25) is 0 Å². The van der Waals surface area contributed by atoms with E-state index in [4.69, 9.17) is 19.5 Å². The molecule has 4 fully saturated rings. The Kier molecular flexibility index (Phi) is 11.9. The number of amides is 4. The smallest absolute Gasteiger partial charge is 0.407 e. The third-order valence-electron chi connectivity index (χ3n) is 13.1. The minimum atomic E-state index is -0.489. The van der Waals surface area contributed by atoms with Gasteiger partial charge in [-0.1, -0.05) is 74.2 Å². The zero-order chi connectivity index (χ0) is 40.2. The van der Waals surface area contributed by atoms with Crippen LogP contribution in [0.3, 0.4) is 0 Å². The van der Waals surface area contributed by atoms with Gasteiger partial charge in [-0.15, -0.1) is 0 Å². The number of allylic oxidation sites excluding steroid dienone is 1. The van der Waals surface area contributed by atoms with Gasteiger partial charge in [-0.3, -0.25) is 14.6 Å². The number of aromatic nitrogens is 2. The van der Waals surface area contributed by atoms with Crippen molar-refractivity contribution in [1.82, 2.24) is 30.4 Å². The van der Waals surface area contributed by atoms with Gasteiger partial charge in [0.2, 0.25) is 11.8 Å². The highest BCUT2D eigenvalue weighted by atomic mass is 16.5. The van der Waals surface area contributed by atoms with Crippen LogP contribution in [-0.4, -0.2) is 94.9 Å². The molecule has 8 rings (SSSR count). The van der Waals surface area contributed by atoms with E-state index in [1.54, 1.807) is 0 Å². The number of H-pyrrole nitrogens is 1. The van der Waals surface area contributed by atoms with E-state index in [9.17, 15) is 19.2 Å². The zero-order valence-corrected chi connectivity index (χ0v) is 33.6. The van der Waals surface area contributed by atoms with E-state index >= 15 is 0 Å². The van der Waals surface area contributed by atoms with Crippen molar-refractivity contribution in [3.63, 3.8) is 0 Å². The molecule has 1 aromatic heterocycles. The lowest BCUT2D eigenvalue weighted by Crippen LogP contribution is -2.51. The number of benzene rings is 2. The molecule has 13 heteroatoms. The molecule has 0 unspecified atom stereocenters. The monoisotopic (exact) mass is 789 g/mol. The molecule has 3 aliphatic heterocycles. The standard InChI is InChI=1S/C45H55N7O6/c1-57-44(55)49-35-11-5-3-9-33(35)42(53)51-23-7-13-39(51)37-25-32(26-46-37)30-17-15-28(16-18-30)29-19-21-31(22-20-29)38-27-47-41(48-38)40-14-8-24-52(40)43(54)34-10-4-6-12-36(34)50-45(56)58-2/h15-22,26-27,33-36,39-40H,3-14,23-25H2,1-2H3,(H,47,48)(H,49,55)(H,50,56)/t33-,34-,35-,36-,39+,40+/m1/s1. The number of nitrogens with zero attached hydrogens (tertiary/aromatic N) is 4. The Hall–Kier alpha value is -5.46. The molecule has 306 valence electrons. The number of ether oxygens (including phenoxy) is 2. The van der Waals surface area contributed by atoms with E-state index in [0.29, 0.717) is 19.5 Å². The van der Waals surface area contributed by atoms with Crippen LogP contribution in [0.5, 0.6) is 0 Å². The number of alkyl carbamates (subject to hydrolysis) is 2. The lowest BCUT2D eigenvalue weighted by molar-refractivity contribution is -0.139. The van der Waals surface area contributed by atoms with Gasteiger partial charge in [0.05, 0.1) is 50.0 Å². The normalized spacial score (nSPS) is 25.8. The molecule has 3 aromatic rings. The predicted octanol–water partition coefficient (Wildman–Crippen LogP) is 7.41. The van der Waals surface area contributed by atoms with E-state index in [1.807, 2.05) is 22.2 Å². The second kappa shape index (κ2) is 17.6. The zero-order valence-electron chi connectivity index (χ0n) is 33.6. The quantitative estimate of drug-likeness (QED) is 0.204. The summed E-state index contributed by atoms with van der Waals surface area (Å²) in [6.45, 7) is 1.40. The average Bonchev–Trinajstić information content (AvgIpc) is 4.11. The molecule has 58 heavy (non-hydrogen) atoms. The molecule has 0 spiro atoms. The lowest BCUT2D eigenvalue weighted by atomic mass is 9.83. The number of rotatable bonds is 9. The largest absolute Gasteiger partial charge is 0.453 e. The van der Waals surface area contributed by atoms with Crippen molar-refractivity contribution in [1.29, 1.82) is 0 Å². The van der Waals surface area contributed by atoms with Crippen LogP contribution in [0.25, 0.3) is 28.0 Å². The Morgan fingerprint density at radius 1 is 0.638 bits per heavy atom. The summed E-state index contributed by atoms with van der Waals surface area (Å²) in [6.07, 6.45) is 14.2. The van der Waals surface area contributed by atoms with Crippen LogP contribution >= 0.6 is 0 Å². The van der Waals surface area contributed by atoms with Crippen molar-refractivity contribution in [2.75, 3.05) is 27.3 Å². The highest BCUT2D eigenvalue weighted by Gasteiger charge is 2.42. The second-order valence-corrected chi connectivity index (χ2v) is 16.4. The van der Waals surface area contributed by atoms with Crippen LogP contribution in [0, 0.1) is 11.8 Å². The van der Waals surface area contributed by atoms with Crippen molar-refractivity contribution in [3.8, 4) is 22.4 Å². The van der Waals surface area contributed by atoms with E-state index in [1.165, 1.54) is 14.2 Å². The Morgan fingerprint density at radius 2 is 1.14 bits per heavy atom. The first-order valence-electron chi connectivity index (χ1n) is 21.1. The summed E-state index contributed by atoms with van der Waals surface area (Å²) in [5.41, 5.74) is 7.43. The molecule has 6 atom stereocenters. The molecule has 2 aromatic carbocycles. The van der Waals surface area contributed by atoms with Crippen molar-refractivity contribution < 1.29 is 28.7 Å². The Morgan fingerprint density at radius 3 is 1.71 bits per heavy atom. The van der Waals surface area contributed by atoms with Crippen LogP contribution in [0.1, 0.15) is 101 Å². The van der Waals surface area contributed by atoms with Gasteiger partial charge < -0.3 is 34.9 Å². The molecule has 2 saturated heterocycles. The third kappa shape index (κ3) is 8.26. The SMILES string of the molecule is COC(=O)N[C@@H]1CCCC[C@H]1C(=O)N1CCC[C@H]1C1=NC=C(c2ccc(-c3ccc(-c4cnc([C@@H]5CCCN5C(=O)[C@@H]5CCCC[C@H]5NC(=O)OC)[nH]4)cc3)cc2)C1. The lowest BCUT2D eigenvalue weighted by Gasteiger charge is -2.35. The van der Waals surface area contributed by atoms with Gasteiger partial charge >= 0.3 is 12.2 Å². The first kappa shape index (κ1) is 39.4. The molecule has 4 heterocycles. The van der Waals surface area contributed by atoms with Gasteiger partial charge in [-0.2, -0.15) is 0 Å². The Bertz CT molecular complexity index is 2040. The maximum atomic E-state index is 13.9. The summed E-state index contributed by atoms with van der Waals surface area (Å²) >= 11 is 0. The molecule has 2 saturated carbocycles.